The number of fused-ring (bicyclic) bond motifs is 1. The van der Waals surface area contributed by atoms with Crippen molar-refractivity contribution in [2.75, 3.05) is 12.4 Å². The Morgan fingerprint density at radius 3 is 2.84 bits per heavy atom. The fraction of sp³-hybridized carbons (Fsp3) is 0.158. The van der Waals surface area contributed by atoms with Crippen molar-refractivity contribution in [1.82, 2.24) is 4.98 Å². The number of aromatic nitrogens is 1. The summed E-state index contributed by atoms with van der Waals surface area (Å²) in [4.78, 5) is 16.9. The summed E-state index contributed by atoms with van der Waals surface area (Å²) in [6.45, 7) is 0. The molecule has 1 aliphatic rings. The summed E-state index contributed by atoms with van der Waals surface area (Å²) in [5.41, 5.74) is 3.45. The third-order valence-electron chi connectivity index (χ3n) is 4.28. The van der Waals surface area contributed by atoms with Gasteiger partial charge in [0, 0.05) is 35.0 Å². The van der Waals surface area contributed by atoms with Crippen LogP contribution in [0.5, 0.6) is 11.5 Å². The molecule has 1 aliphatic heterocycles. The minimum atomic E-state index is -0.178. The minimum Gasteiger partial charge on any atom is -0.504 e. The normalized spacial score (nSPS) is 16.2. The molecule has 126 valence electrons. The highest BCUT2D eigenvalue weighted by molar-refractivity contribution is 7.10. The number of aromatic hydroxyl groups is 1. The van der Waals surface area contributed by atoms with Gasteiger partial charge in [0.15, 0.2) is 11.5 Å². The van der Waals surface area contributed by atoms with E-state index >= 15 is 0 Å². The zero-order valence-corrected chi connectivity index (χ0v) is 14.3. The Balaban J connectivity index is 1.76. The lowest BCUT2D eigenvalue weighted by Crippen LogP contribution is -2.23. The highest BCUT2D eigenvalue weighted by atomic mass is 32.1. The van der Waals surface area contributed by atoms with Crippen LogP contribution in [-0.4, -0.2) is 23.1 Å². The Morgan fingerprint density at radius 1 is 1.28 bits per heavy atom. The van der Waals surface area contributed by atoms with Crippen LogP contribution in [-0.2, 0) is 4.79 Å². The monoisotopic (exact) mass is 352 g/mol. The molecule has 0 spiro atoms. The van der Waals surface area contributed by atoms with Crippen LogP contribution >= 0.6 is 11.3 Å². The number of amides is 1. The zero-order valence-electron chi connectivity index (χ0n) is 13.5. The maximum Gasteiger partial charge on any atom is 0.225 e. The molecular weight excluding hydrogens is 336 g/mol. The molecule has 25 heavy (non-hydrogen) atoms. The van der Waals surface area contributed by atoms with Gasteiger partial charge in [-0.2, -0.15) is 0 Å². The third kappa shape index (κ3) is 2.85. The van der Waals surface area contributed by atoms with E-state index in [1.807, 2.05) is 35.7 Å². The van der Waals surface area contributed by atoms with Gasteiger partial charge in [-0.25, -0.2) is 4.98 Å². The summed E-state index contributed by atoms with van der Waals surface area (Å²) >= 11 is 1.53. The number of phenols is 1. The quantitative estimate of drug-likeness (QED) is 0.699. The van der Waals surface area contributed by atoms with Crippen LogP contribution in [0.2, 0.25) is 0 Å². The molecule has 2 aromatic carbocycles. The number of carbonyl (C=O) groups is 1. The van der Waals surface area contributed by atoms with E-state index < -0.39 is 0 Å². The lowest BCUT2D eigenvalue weighted by Gasteiger charge is -2.25. The lowest BCUT2D eigenvalue weighted by molar-refractivity contribution is -0.116. The molecule has 0 aliphatic carbocycles. The van der Waals surface area contributed by atoms with E-state index in [-0.39, 0.29) is 17.6 Å². The van der Waals surface area contributed by atoms with Crippen LogP contribution < -0.4 is 10.1 Å². The molecule has 1 amide bonds. The maximum absolute atomic E-state index is 12.1. The van der Waals surface area contributed by atoms with Gasteiger partial charge in [-0.1, -0.05) is 30.3 Å². The smallest absolute Gasteiger partial charge is 0.225 e. The van der Waals surface area contributed by atoms with Crippen LogP contribution in [0.25, 0.3) is 11.3 Å². The maximum atomic E-state index is 12.1. The first-order chi connectivity index (χ1) is 12.2. The SMILES string of the molecule is COc1cc2c(cc1O)C(c1nc(-c3ccccc3)cs1)CC(=O)N2. The van der Waals surface area contributed by atoms with Crippen molar-refractivity contribution in [1.29, 1.82) is 0 Å². The minimum absolute atomic E-state index is 0.0576. The number of methoxy groups -OCH3 is 1. The molecule has 1 atom stereocenters. The van der Waals surface area contributed by atoms with Crippen molar-refractivity contribution in [3.63, 3.8) is 0 Å². The molecule has 4 rings (SSSR count). The Hall–Kier alpha value is -2.86. The first-order valence-corrected chi connectivity index (χ1v) is 8.75. The standard InChI is InChI=1S/C19H16N2O3S/c1-24-17-9-14-12(7-16(17)22)13(8-18(23)20-14)19-21-15(10-25-19)11-5-3-2-4-6-11/h2-7,9-10,13,22H,8H2,1H3,(H,20,23). The Bertz CT molecular complexity index is 937. The summed E-state index contributed by atoms with van der Waals surface area (Å²) in [6.07, 6.45) is 0.306. The van der Waals surface area contributed by atoms with E-state index in [9.17, 15) is 9.90 Å². The van der Waals surface area contributed by atoms with E-state index in [2.05, 4.69) is 5.32 Å². The molecule has 2 heterocycles. The largest absolute Gasteiger partial charge is 0.504 e. The molecule has 1 aromatic heterocycles. The van der Waals surface area contributed by atoms with Crippen molar-refractivity contribution in [3.8, 4) is 22.8 Å². The fourth-order valence-electron chi connectivity index (χ4n) is 3.05. The van der Waals surface area contributed by atoms with Crippen LogP contribution in [0, 0.1) is 0 Å². The molecule has 2 N–H and O–H groups in total. The van der Waals surface area contributed by atoms with Crippen molar-refractivity contribution in [2.45, 2.75) is 12.3 Å². The number of benzene rings is 2. The molecular formula is C19H16N2O3S. The van der Waals surface area contributed by atoms with Gasteiger partial charge < -0.3 is 15.2 Å². The van der Waals surface area contributed by atoms with E-state index in [1.165, 1.54) is 18.4 Å². The van der Waals surface area contributed by atoms with Gasteiger partial charge in [0.1, 0.15) is 5.01 Å². The number of anilines is 1. The molecule has 5 nitrogen and oxygen atoms in total. The lowest BCUT2D eigenvalue weighted by atomic mass is 9.90. The van der Waals surface area contributed by atoms with Gasteiger partial charge in [0.25, 0.3) is 0 Å². The number of nitrogens with one attached hydrogen (secondary N) is 1. The van der Waals surface area contributed by atoms with E-state index in [0.717, 1.165) is 21.8 Å². The summed E-state index contributed by atoms with van der Waals surface area (Å²) < 4.78 is 5.13. The third-order valence-corrected chi connectivity index (χ3v) is 5.24. The zero-order chi connectivity index (χ0) is 17.4. The number of phenolic OH excluding ortho intramolecular Hbond substituents is 1. The van der Waals surface area contributed by atoms with Crippen LogP contribution in [0.3, 0.4) is 0 Å². The highest BCUT2D eigenvalue weighted by Crippen LogP contribution is 2.43. The average Bonchev–Trinajstić information content (AvgIpc) is 3.11. The van der Waals surface area contributed by atoms with Crippen molar-refractivity contribution < 1.29 is 14.6 Å². The second-order valence-electron chi connectivity index (χ2n) is 5.85. The summed E-state index contributed by atoms with van der Waals surface area (Å²) in [7, 11) is 1.48. The van der Waals surface area contributed by atoms with Gasteiger partial charge in [0.05, 0.1) is 12.8 Å². The Kier molecular flexibility index (Phi) is 3.89. The highest BCUT2D eigenvalue weighted by Gasteiger charge is 2.30. The molecule has 1 unspecified atom stereocenters. The van der Waals surface area contributed by atoms with Crippen molar-refractivity contribution in [2.24, 2.45) is 0 Å². The van der Waals surface area contributed by atoms with Gasteiger partial charge in [-0.05, 0) is 11.6 Å². The van der Waals surface area contributed by atoms with Gasteiger partial charge >= 0.3 is 0 Å². The number of thiazole rings is 1. The fourth-order valence-corrected chi connectivity index (χ4v) is 4.00. The number of nitrogens with zero attached hydrogens (tertiary/aromatic N) is 1. The van der Waals surface area contributed by atoms with Crippen LogP contribution in [0.1, 0.15) is 22.9 Å². The van der Waals surface area contributed by atoms with E-state index in [0.29, 0.717) is 17.9 Å². The number of rotatable bonds is 3. The van der Waals surface area contributed by atoms with E-state index in [4.69, 9.17) is 9.72 Å². The first-order valence-electron chi connectivity index (χ1n) is 7.87. The van der Waals surface area contributed by atoms with Crippen molar-refractivity contribution >= 4 is 22.9 Å². The molecule has 0 fully saturated rings. The molecule has 6 heteroatoms. The summed E-state index contributed by atoms with van der Waals surface area (Å²) in [6, 6.07) is 13.2. The summed E-state index contributed by atoms with van der Waals surface area (Å²) in [5, 5.41) is 15.8. The van der Waals surface area contributed by atoms with Gasteiger partial charge in [0.2, 0.25) is 5.91 Å². The van der Waals surface area contributed by atoms with Crippen LogP contribution in [0.15, 0.2) is 47.8 Å². The van der Waals surface area contributed by atoms with Crippen molar-refractivity contribution in [3.05, 3.63) is 58.4 Å². The molecule has 0 saturated carbocycles. The van der Waals surface area contributed by atoms with Crippen LogP contribution in [0.4, 0.5) is 5.69 Å². The molecule has 3 aromatic rings. The Morgan fingerprint density at radius 2 is 2.08 bits per heavy atom. The Labute approximate surface area is 148 Å². The first kappa shape index (κ1) is 15.7. The predicted molar refractivity (Wildman–Crippen MR) is 97.3 cm³/mol. The predicted octanol–water partition coefficient (Wildman–Crippen LogP) is 4.00. The summed E-state index contributed by atoms with van der Waals surface area (Å²) in [5.74, 6) is 0.149. The molecule has 0 saturated heterocycles. The van der Waals surface area contributed by atoms with Gasteiger partial charge in [-0.3, -0.25) is 4.79 Å². The number of hydrogen-bond donors (Lipinski definition) is 2. The van der Waals surface area contributed by atoms with Gasteiger partial charge in [-0.15, -0.1) is 11.3 Å². The molecule has 0 bridgehead atoms. The number of ether oxygens (including phenoxy) is 1. The van der Waals surface area contributed by atoms with E-state index in [1.54, 1.807) is 12.1 Å². The average molecular weight is 352 g/mol. The molecule has 0 radical (unpaired) electrons. The topological polar surface area (TPSA) is 71.5 Å². The number of hydrogen-bond acceptors (Lipinski definition) is 5. The second-order valence-corrected chi connectivity index (χ2v) is 6.74. The number of carbonyl (C=O) groups excluding carboxylic acids is 1. The second kappa shape index (κ2) is 6.22.